The Morgan fingerprint density at radius 3 is 2.45 bits per heavy atom. The number of hydrogen-bond acceptors (Lipinski definition) is 4. The first-order chi connectivity index (χ1) is 10.7. The van der Waals surface area contributed by atoms with E-state index in [9.17, 15) is 0 Å². The van der Waals surface area contributed by atoms with Crippen LogP contribution < -0.4 is 9.47 Å². The molecule has 0 saturated heterocycles. The fourth-order valence-corrected chi connectivity index (χ4v) is 2.42. The number of halogens is 1. The minimum atomic E-state index is 0.446. The summed E-state index contributed by atoms with van der Waals surface area (Å²) < 4.78 is 12.1. The number of nitrogens with zero attached hydrogens (tertiary/aromatic N) is 1. The Morgan fingerprint density at radius 1 is 1.09 bits per heavy atom. The van der Waals surface area contributed by atoms with Crippen LogP contribution >= 0.6 is 15.9 Å². The average Bonchev–Trinajstić information content (AvgIpc) is 2.54. The van der Waals surface area contributed by atoms with Crippen molar-refractivity contribution in [2.24, 2.45) is 5.16 Å². The maximum absolute atomic E-state index is 8.50. The molecule has 0 saturated carbocycles. The normalized spacial score (nSPS) is 10.8. The Bertz CT molecular complexity index is 626. The van der Waals surface area contributed by atoms with E-state index in [4.69, 9.17) is 14.7 Å². The van der Waals surface area contributed by atoms with Crippen molar-refractivity contribution in [1.82, 2.24) is 0 Å². The highest BCUT2D eigenvalue weighted by Gasteiger charge is 2.02. The zero-order valence-electron chi connectivity index (χ0n) is 12.3. The Morgan fingerprint density at radius 2 is 1.82 bits per heavy atom. The summed E-state index contributed by atoms with van der Waals surface area (Å²) in [6.07, 6.45) is 2.38. The summed E-state index contributed by atoms with van der Waals surface area (Å²) >= 11 is 3.42. The fraction of sp³-hybridized carbons (Fsp3) is 0.235. The van der Waals surface area contributed by atoms with Gasteiger partial charge in [-0.2, -0.15) is 0 Å². The first-order valence-electron chi connectivity index (χ1n) is 7.04. The van der Waals surface area contributed by atoms with Crippen molar-refractivity contribution in [3.63, 3.8) is 0 Å². The summed E-state index contributed by atoms with van der Waals surface area (Å²) in [5.41, 5.74) is 2.08. The van der Waals surface area contributed by atoms with E-state index in [0.29, 0.717) is 13.2 Å². The van der Waals surface area contributed by atoms with Crippen molar-refractivity contribution in [3.8, 4) is 11.5 Å². The van der Waals surface area contributed by atoms with Gasteiger partial charge in [0.1, 0.15) is 24.7 Å². The molecule has 116 valence electrons. The Balaban J connectivity index is 1.80. The van der Waals surface area contributed by atoms with Gasteiger partial charge in [0.05, 0.1) is 10.7 Å². The predicted octanol–water partition coefficient (Wildman–Crippen LogP) is 4.28. The number of ether oxygens (including phenoxy) is 2. The first-order valence-corrected chi connectivity index (χ1v) is 7.83. The summed E-state index contributed by atoms with van der Waals surface area (Å²) in [7, 11) is 0. The van der Waals surface area contributed by atoms with Crippen molar-refractivity contribution < 1.29 is 14.7 Å². The molecule has 5 heteroatoms. The van der Waals surface area contributed by atoms with Gasteiger partial charge in [0.25, 0.3) is 0 Å². The van der Waals surface area contributed by atoms with Crippen LogP contribution in [0.1, 0.15) is 18.1 Å². The summed E-state index contributed by atoms with van der Waals surface area (Å²) in [5.74, 6) is 1.56. The maximum Gasteiger partial charge on any atom is 0.133 e. The van der Waals surface area contributed by atoms with E-state index in [0.717, 1.165) is 28.0 Å². The molecule has 0 aromatic heterocycles. The molecule has 0 spiro atoms. The van der Waals surface area contributed by atoms with E-state index in [1.807, 2.05) is 30.3 Å². The van der Waals surface area contributed by atoms with Crippen LogP contribution in [0.5, 0.6) is 11.5 Å². The van der Waals surface area contributed by atoms with Crippen LogP contribution in [0.2, 0.25) is 0 Å². The second-order valence-corrected chi connectivity index (χ2v) is 5.48. The maximum atomic E-state index is 8.50. The molecule has 0 fully saturated rings. The van der Waals surface area contributed by atoms with Gasteiger partial charge in [-0.05, 0) is 63.8 Å². The van der Waals surface area contributed by atoms with Gasteiger partial charge in [-0.15, -0.1) is 0 Å². The third-order valence-electron chi connectivity index (χ3n) is 3.10. The standard InChI is InChI=1S/C17H18BrNO3/c1-2-13-3-6-15(7-4-13)21-9-10-22-17-8-5-14(12-19-20)11-16(17)18/h3-8,11-12,20H,2,9-10H2,1H3. The lowest BCUT2D eigenvalue weighted by Crippen LogP contribution is -2.09. The van der Waals surface area contributed by atoms with Gasteiger partial charge in [0.15, 0.2) is 0 Å². The van der Waals surface area contributed by atoms with Gasteiger partial charge in [-0.3, -0.25) is 0 Å². The molecule has 0 heterocycles. The fourth-order valence-electron chi connectivity index (χ4n) is 1.91. The molecule has 0 unspecified atom stereocenters. The monoisotopic (exact) mass is 363 g/mol. The minimum absolute atomic E-state index is 0.446. The Kier molecular flexibility index (Phi) is 6.27. The molecule has 0 atom stereocenters. The number of aryl methyl sites for hydroxylation is 1. The van der Waals surface area contributed by atoms with Crippen molar-refractivity contribution in [2.45, 2.75) is 13.3 Å². The number of hydrogen-bond donors (Lipinski definition) is 1. The average molecular weight is 364 g/mol. The van der Waals surface area contributed by atoms with E-state index < -0.39 is 0 Å². The van der Waals surface area contributed by atoms with Gasteiger partial charge in [-0.1, -0.05) is 24.2 Å². The molecule has 2 aromatic carbocycles. The molecule has 0 amide bonds. The van der Waals surface area contributed by atoms with Crippen molar-refractivity contribution in [1.29, 1.82) is 0 Å². The van der Waals surface area contributed by atoms with E-state index in [1.54, 1.807) is 0 Å². The van der Waals surface area contributed by atoms with Crippen LogP contribution in [0.25, 0.3) is 0 Å². The van der Waals surface area contributed by atoms with Crippen molar-refractivity contribution in [3.05, 3.63) is 58.1 Å². The lowest BCUT2D eigenvalue weighted by Gasteiger charge is -2.10. The lowest BCUT2D eigenvalue weighted by atomic mass is 10.2. The number of rotatable bonds is 7. The molecular formula is C17H18BrNO3. The van der Waals surface area contributed by atoms with E-state index in [2.05, 4.69) is 40.1 Å². The molecular weight excluding hydrogens is 346 g/mol. The highest BCUT2D eigenvalue weighted by Crippen LogP contribution is 2.25. The minimum Gasteiger partial charge on any atom is -0.490 e. The Hall–Kier alpha value is -2.01. The van der Waals surface area contributed by atoms with E-state index in [1.165, 1.54) is 11.8 Å². The van der Waals surface area contributed by atoms with Crippen molar-refractivity contribution in [2.75, 3.05) is 13.2 Å². The predicted molar refractivity (Wildman–Crippen MR) is 90.3 cm³/mol. The molecule has 0 aliphatic carbocycles. The van der Waals surface area contributed by atoms with Gasteiger partial charge in [0, 0.05) is 0 Å². The van der Waals surface area contributed by atoms with Crippen LogP contribution in [0.4, 0.5) is 0 Å². The lowest BCUT2D eigenvalue weighted by molar-refractivity contribution is 0.216. The summed E-state index contributed by atoms with van der Waals surface area (Å²) in [4.78, 5) is 0. The van der Waals surface area contributed by atoms with E-state index >= 15 is 0 Å². The van der Waals surface area contributed by atoms with Crippen LogP contribution in [0.3, 0.4) is 0 Å². The summed E-state index contributed by atoms with van der Waals surface area (Å²) in [6.45, 7) is 3.04. The molecule has 0 bridgehead atoms. The van der Waals surface area contributed by atoms with Gasteiger partial charge in [-0.25, -0.2) is 0 Å². The smallest absolute Gasteiger partial charge is 0.133 e. The van der Waals surface area contributed by atoms with Crippen LogP contribution in [0, 0.1) is 0 Å². The van der Waals surface area contributed by atoms with Gasteiger partial charge < -0.3 is 14.7 Å². The van der Waals surface area contributed by atoms with Gasteiger partial charge >= 0.3 is 0 Å². The highest BCUT2D eigenvalue weighted by atomic mass is 79.9. The Labute approximate surface area is 138 Å². The first kappa shape index (κ1) is 16.4. The van der Waals surface area contributed by atoms with Crippen LogP contribution in [0.15, 0.2) is 52.1 Å². The van der Waals surface area contributed by atoms with Crippen molar-refractivity contribution >= 4 is 22.1 Å². The van der Waals surface area contributed by atoms with E-state index in [-0.39, 0.29) is 0 Å². The highest BCUT2D eigenvalue weighted by molar-refractivity contribution is 9.10. The topological polar surface area (TPSA) is 51.0 Å². The molecule has 2 aromatic rings. The van der Waals surface area contributed by atoms with Crippen LogP contribution in [-0.2, 0) is 6.42 Å². The third-order valence-corrected chi connectivity index (χ3v) is 3.72. The summed E-state index contributed by atoms with van der Waals surface area (Å²) in [6, 6.07) is 13.5. The molecule has 0 radical (unpaired) electrons. The van der Waals surface area contributed by atoms with Crippen LogP contribution in [-0.4, -0.2) is 24.6 Å². The molecule has 22 heavy (non-hydrogen) atoms. The molecule has 1 N–H and O–H groups in total. The third kappa shape index (κ3) is 4.77. The molecule has 2 rings (SSSR count). The molecule has 4 nitrogen and oxygen atoms in total. The van der Waals surface area contributed by atoms with Gasteiger partial charge in [0.2, 0.25) is 0 Å². The molecule has 0 aliphatic rings. The second-order valence-electron chi connectivity index (χ2n) is 4.63. The largest absolute Gasteiger partial charge is 0.490 e. The summed E-state index contributed by atoms with van der Waals surface area (Å²) in [5, 5.41) is 11.5. The second kappa shape index (κ2) is 8.44. The number of benzene rings is 2. The quantitative estimate of drug-likeness (QED) is 0.345. The SMILES string of the molecule is CCc1ccc(OCCOc2ccc(C=NO)cc2Br)cc1. The zero-order valence-corrected chi connectivity index (χ0v) is 13.9. The number of oxime groups is 1. The molecule has 0 aliphatic heterocycles. The zero-order chi connectivity index (χ0) is 15.8.